The van der Waals surface area contributed by atoms with Crippen molar-refractivity contribution in [1.82, 2.24) is 10.3 Å². The van der Waals surface area contributed by atoms with Gasteiger partial charge in [0.25, 0.3) is 5.91 Å². The first-order chi connectivity index (χ1) is 17.7. The number of carbonyl (C=O) groups is 3. The number of aromatic carboxylic acids is 1. The standard InChI is InChI=1S/C29H24N2O6/c1-2-26(34)29(15-23(29)16-6-9-19(32)10-7-16)31-27(35)25-14-22(28(36)37)21-13-18(8-11-24(21)30-25)17-4-3-5-20(33)12-17/h3-14,23,32-33H,2,15H2,1H3,(H,31,35)(H,36,37)/t23-,29+/m0/s1. The summed E-state index contributed by atoms with van der Waals surface area (Å²) in [4.78, 5) is 42.8. The number of amides is 1. The number of carboxylic acid groups (broad SMARTS) is 1. The number of pyridine rings is 1. The molecule has 1 aliphatic rings. The monoisotopic (exact) mass is 496 g/mol. The van der Waals surface area contributed by atoms with Gasteiger partial charge in [-0.1, -0.05) is 37.3 Å². The highest BCUT2D eigenvalue weighted by Gasteiger charge is 2.60. The summed E-state index contributed by atoms with van der Waals surface area (Å²) in [7, 11) is 0. The third-order valence-electron chi connectivity index (χ3n) is 6.86. The van der Waals surface area contributed by atoms with Crippen LogP contribution in [0.5, 0.6) is 11.5 Å². The smallest absolute Gasteiger partial charge is 0.336 e. The summed E-state index contributed by atoms with van der Waals surface area (Å²) in [5.74, 6) is -2.05. The van der Waals surface area contributed by atoms with Crippen molar-refractivity contribution in [3.05, 3.63) is 89.6 Å². The van der Waals surface area contributed by atoms with Gasteiger partial charge in [-0.3, -0.25) is 9.59 Å². The van der Waals surface area contributed by atoms with Gasteiger partial charge in [0.05, 0.1) is 11.1 Å². The number of ketones is 1. The quantitative estimate of drug-likeness (QED) is 0.292. The van der Waals surface area contributed by atoms with E-state index < -0.39 is 17.4 Å². The summed E-state index contributed by atoms with van der Waals surface area (Å²) in [6, 6.07) is 19.3. The van der Waals surface area contributed by atoms with Crippen LogP contribution in [0.1, 0.15) is 52.1 Å². The first kappa shape index (κ1) is 24.0. The van der Waals surface area contributed by atoms with E-state index in [1.165, 1.54) is 18.2 Å². The van der Waals surface area contributed by atoms with Crippen molar-refractivity contribution in [1.29, 1.82) is 0 Å². The molecule has 1 aromatic heterocycles. The molecule has 0 spiro atoms. The summed E-state index contributed by atoms with van der Waals surface area (Å²) in [5.41, 5.74) is 1.21. The van der Waals surface area contributed by atoms with E-state index in [2.05, 4.69) is 10.3 Å². The predicted octanol–water partition coefficient (Wildman–Crippen LogP) is 4.65. The number of benzene rings is 3. The number of nitrogens with one attached hydrogen (secondary N) is 1. The molecule has 5 rings (SSSR count). The number of hydrogen-bond acceptors (Lipinski definition) is 6. The van der Waals surface area contributed by atoms with Crippen LogP contribution in [0, 0.1) is 0 Å². The fourth-order valence-electron chi connectivity index (χ4n) is 4.85. The van der Waals surface area contributed by atoms with Gasteiger partial charge in [0.15, 0.2) is 5.78 Å². The second kappa shape index (κ2) is 9.05. The fourth-order valence-corrected chi connectivity index (χ4v) is 4.85. The molecule has 1 saturated carbocycles. The van der Waals surface area contributed by atoms with Crippen LogP contribution >= 0.6 is 0 Å². The van der Waals surface area contributed by atoms with Crippen LogP contribution < -0.4 is 5.32 Å². The number of carbonyl (C=O) groups excluding carboxylic acids is 2. The highest BCUT2D eigenvalue weighted by molar-refractivity contribution is 6.08. The highest BCUT2D eigenvalue weighted by Crippen LogP contribution is 2.53. The summed E-state index contributed by atoms with van der Waals surface area (Å²) >= 11 is 0. The van der Waals surface area contributed by atoms with Crippen LogP contribution in [-0.4, -0.2) is 43.5 Å². The van der Waals surface area contributed by atoms with Gasteiger partial charge < -0.3 is 20.6 Å². The third kappa shape index (κ3) is 4.38. The molecule has 1 amide bonds. The lowest BCUT2D eigenvalue weighted by Gasteiger charge is -2.18. The second-order valence-electron chi connectivity index (χ2n) is 9.19. The van der Waals surface area contributed by atoms with Crippen LogP contribution in [0.4, 0.5) is 0 Å². The lowest BCUT2D eigenvalue weighted by Crippen LogP contribution is -2.44. The zero-order valence-corrected chi connectivity index (χ0v) is 19.9. The Balaban J connectivity index is 1.50. The first-order valence-electron chi connectivity index (χ1n) is 11.8. The van der Waals surface area contributed by atoms with Gasteiger partial charge in [0.1, 0.15) is 22.7 Å². The summed E-state index contributed by atoms with van der Waals surface area (Å²) < 4.78 is 0. The van der Waals surface area contributed by atoms with E-state index >= 15 is 0 Å². The van der Waals surface area contributed by atoms with Crippen molar-refractivity contribution in [2.75, 3.05) is 0 Å². The number of Topliss-reactive ketones (excluding diaryl/α,β-unsaturated/α-hetero) is 1. The molecular weight excluding hydrogens is 472 g/mol. The van der Waals surface area contributed by atoms with Crippen LogP contribution in [-0.2, 0) is 4.79 Å². The summed E-state index contributed by atoms with van der Waals surface area (Å²) in [5, 5.41) is 32.5. The molecule has 2 atom stereocenters. The second-order valence-corrected chi connectivity index (χ2v) is 9.19. The average molecular weight is 497 g/mol. The third-order valence-corrected chi connectivity index (χ3v) is 6.86. The number of phenolic OH excluding ortho intramolecular Hbond substituents is 2. The molecule has 8 heteroatoms. The maximum atomic E-state index is 13.3. The zero-order valence-electron chi connectivity index (χ0n) is 19.9. The molecule has 4 N–H and O–H groups in total. The fraction of sp³-hybridized carbons (Fsp3) is 0.172. The molecular formula is C29H24N2O6. The number of rotatable bonds is 7. The lowest BCUT2D eigenvalue weighted by molar-refractivity contribution is -0.121. The van der Waals surface area contributed by atoms with Crippen LogP contribution in [0.25, 0.3) is 22.0 Å². The molecule has 186 valence electrons. The number of nitrogens with zero attached hydrogens (tertiary/aromatic N) is 1. The normalized spacial score (nSPS) is 18.4. The van der Waals surface area contributed by atoms with Crippen molar-refractivity contribution < 1.29 is 29.7 Å². The van der Waals surface area contributed by atoms with Crippen molar-refractivity contribution in [3.8, 4) is 22.6 Å². The molecule has 8 nitrogen and oxygen atoms in total. The summed E-state index contributed by atoms with van der Waals surface area (Å²) in [6.07, 6.45) is 0.626. The molecule has 0 radical (unpaired) electrons. The Bertz CT molecular complexity index is 1560. The molecule has 3 aromatic carbocycles. The Morgan fingerprint density at radius 1 is 0.946 bits per heavy atom. The minimum Gasteiger partial charge on any atom is -0.508 e. The van der Waals surface area contributed by atoms with Gasteiger partial charge in [-0.05, 0) is 65.6 Å². The molecule has 0 aliphatic heterocycles. The van der Waals surface area contributed by atoms with Crippen LogP contribution in [0.15, 0.2) is 72.8 Å². The number of aromatic nitrogens is 1. The van der Waals surface area contributed by atoms with E-state index in [1.54, 1.807) is 61.5 Å². The number of aromatic hydroxyl groups is 2. The minimum atomic E-state index is -1.22. The number of hydrogen-bond donors (Lipinski definition) is 4. The molecule has 4 aromatic rings. The number of fused-ring (bicyclic) bond motifs is 1. The van der Waals surface area contributed by atoms with Gasteiger partial charge >= 0.3 is 5.97 Å². The Hall–Kier alpha value is -4.72. The molecule has 0 saturated heterocycles. The molecule has 1 fully saturated rings. The largest absolute Gasteiger partial charge is 0.508 e. The van der Waals surface area contributed by atoms with Gasteiger partial charge in [-0.25, -0.2) is 9.78 Å². The highest BCUT2D eigenvalue weighted by atomic mass is 16.4. The number of phenols is 2. The van der Waals surface area contributed by atoms with Crippen LogP contribution in [0.2, 0.25) is 0 Å². The van der Waals surface area contributed by atoms with Gasteiger partial charge in [0, 0.05) is 17.7 Å². The lowest BCUT2D eigenvalue weighted by atomic mass is 9.99. The Morgan fingerprint density at radius 3 is 2.35 bits per heavy atom. The van der Waals surface area contributed by atoms with E-state index in [1.807, 2.05) is 0 Å². The zero-order chi connectivity index (χ0) is 26.3. The molecule has 37 heavy (non-hydrogen) atoms. The Kier molecular flexibility index (Phi) is 5.87. The van der Waals surface area contributed by atoms with E-state index in [4.69, 9.17) is 0 Å². The maximum absolute atomic E-state index is 13.3. The Labute approximate surface area is 212 Å². The maximum Gasteiger partial charge on any atom is 0.336 e. The van der Waals surface area contributed by atoms with Crippen LogP contribution in [0.3, 0.4) is 0 Å². The SMILES string of the molecule is CCC(=O)[C@@]1(NC(=O)c2cc(C(=O)O)c3cc(-c4cccc(O)c4)ccc3n2)C[C@H]1c1ccc(O)cc1. The van der Waals surface area contributed by atoms with Crippen molar-refractivity contribution >= 4 is 28.6 Å². The summed E-state index contributed by atoms with van der Waals surface area (Å²) in [6.45, 7) is 1.73. The van der Waals surface area contributed by atoms with Gasteiger partial charge in [-0.2, -0.15) is 0 Å². The minimum absolute atomic E-state index is 0.0856. The molecule has 1 aliphatic carbocycles. The molecule has 0 bridgehead atoms. The van der Waals surface area contributed by atoms with E-state index in [-0.39, 0.29) is 40.9 Å². The van der Waals surface area contributed by atoms with Crippen molar-refractivity contribution in [2.45, 2.75) is 31.2 Å². The predicted molar refractivity (Wildman–Crippen MR) is 137 cm³/mol. The van der Waals surface area contributed by atoms with E-state index in [0.717, 1.165) is 5.56 Å². The van der Waals surface area contributed by atoms with Crippen molar-refractivity contribution in [2.24, 2.45) is 0 Å². The molecule has 1 heterocycles. The van der Waals surface area contributed by atoms with Crippen molar-refractivity contribution in [3.63, 3.8) is 0 Å². The molecule has 0 unspecified atom stereocenters. The first-order valence-corrected chi connectivity index (χ1v) is 11.8. The van der Waals surface area contributed by atoms with Gasteiger partial charge in [0.2, 0.25) is 0 Å². The van der Waals surface area contributed by atoms with E-state index in [0.29, 0.717) is 28.5 Å². The average Bonchev–Trinajstić information content (AvgIpc) is 3.62. The van der Waals surface area contributed by atoms with Gasteiger partial charge in [-0.15, -0.1) is 0 Å². The number of carboxylic acids is 1. The Morgan fingerprint density at radius 2 is 1.68 bits per heavy atom. The van der Waals surface area contributed by atoms with E-state index in [9.17, 15) is 29.7 Å². The topological polar surface area (TPSA) is 137 Å².